The van der Waals surface area contributed by atoms with E-state index in [1.807, 2.05) is 0 Å². The molecule has 0 aromatic rings. The first-order chi connectivity index (χ1) is 34.9. The molecule has 0 bridgehead atoms. The molecule has 432 valence electrons. The maximum atomic E-state index is 14.7. The summed E-state index contributed by atoms with van der Waals surface area (Å²) in [6.45, 7) is 30.6. The van der Waals surface area contributed by atoms with Gasteiger partial charge in [0.1, 0.15) is 46.3 Å². The molecular weight excluding hydrogens is 993 g/mol. The highest BCUT2D eigenvalue weighted by atomic mass is 16.5. The average molecular weight is 1080 g/mol. The van der Waals surface area contributed by atoms with Gasteiger partial charge >= 0.3 is 23.9 Å². The van der Waals surface area contributed by atoms with Crippen LogP contribution in [0.25, 0.3) is 0 Å². The number of esters is 4. The fraction of sp³-hybridized carbons (Fsp3) is 0.731. The molecule has 0 rings (SSSR count). The van der Waals surface area contributed by atoms with Crippen molar-refractivity contribution in [3.8, 4) is 0 Å². The molecule has 76 heavy (non-hydrogen) atoms. The fourth-order valence-corrected chi connectivity index (χ4v) is 8.03. The molecule has 0 aliphatic heterocycles. The third-order valence-electron chi connectivity index (χ3n) is 11.9. The first-order valence-corrected chi connectivity index (χ1v) is 25.7. The smallest absolute Gasteiger partial charge is 0.328 e. The second kappa shape index (κ2) is 30.8. The molecule has 8 amide bonds. The van der Waals surface area contributed by atoms with E-state index in [2.05, 4.69) is 49.1 Å². The van der Waals surface area contributed by atoms with Gasteiger partial charge in [0.2, 0.25) is 47.3 Å². The number of rotatable bonds is 32. The summed E-state index contributed by atoms with van der Waals surface area (Å²) in [5, 5.41) is 20.5. The Kier molecular flexibility index (Phi) is 28.1. The van der Waals surface area contributed by atoms with Crippen LogP contribution in [0.3, 0.4) is 0 Å². The van der Waals surface area contributed by atoms with Gasteiger partial charge < -0.3 is 61.5 Å². The zero-order valence-electron chi connectivity index (χ0n) is 48.0. The summed E-state index contributed by atoms with van der Waals surface area (Å²) in [6.07, 6.45) is -2.77. The van der Waals surface area contributed by atoms with E-state index in [0.29, 0.717) is 0 Å². The molecule has 0 saturated heterocycles. The van der Waals surface area contributed by atoms with Crippen LogP contribution in [0.4, 0.5) is 0 Å². The summed E-state index contributed by atoms with van der Waals surface area (Å²) in [6, 6.07) is -4.91. The molecular formula is C52H88N8O16. The Labute approximate surface area is 447 Å². The number of hydrogen-bond acceptors (Lipinski definition) is 16. The highest BCUT2D eigenvalue weighted by Gasteiger charge is 2.47. The van der Waals surface area contributed by atoms with Crippen molar-refractivity contribution < 1.29 is 76.5 Å². The maximum absolute atomic E-state index is 14.7. The lowest BCUT2D eigenvalue weighted by Gasteiger charge is -2.37. The summed E-state index contributed by atoms with van der Waals surface area (Å²) in [5.41, 5.74) is -8.39. The Hall–Kier alpha value is -6.62. The van der Waals surface area contributed by atoms with Crippen LogP contribution in [0.15, 0.2) is 12.2 Å². The lowest BCUT2D eigenvalue weighted by atomic mass is 9.83. The topological polar surface area (TPSA) is 338 Å². The van der Waals surface area contributed by atoms with Crippen molar-refractivity contribution in [1.82, 2.24) is 42.5 Å². The second-order valence-corrected chi connectivity index (χ2v) is 21.0. The molecule has 0 aliphatic rings. The van der Waals surface area contributed by atoms with E-state index in [9.17, 15) is 57.5 Å². The van der Waals surface area contributed by atoms with Crippen molar-refractivity contribution in [3.63, 3.8) is 0 Å². The number of amides is 8. The van der Waals surface area contributed by atoms with Crippen LogP contribution in [0.2, 0.25) is 0 Å². The Morgan fingerprint density at radius 3 is 0.737 bits per heavy atom. The monoisotopic (exact) mass is 1080 g/mol. The lowest BCUT2D eigenvalue weighted by molar-refractivity contribution is -0.150. The van der Waals surface area contributed by atoms with E-state index in [-0.39, 0.29) is 32.0 Å². The van der Waals surface area contributed by atoms with Gasteiger partial charge in [0.15, 0.2) is 0 Å². The van der Waals surface area contributed by atoms with Gasteiger partial charge in [-0.25, -0.2) is 19.2 Å². The van der Waals surface area contributed by atoms with Gasteiger partial charge in [-0.3, -0.25) is 38.4 Å². The molecule has 24 nitrogen and oxygen atoms in total. The minimum atomic E-state index is -2.13. The number of hydrogen-bond donors (Lipinski definition) is 8. The van der Waals surface area contributed by atoms with Gasteiger partial charge in [-0.2, -0.15) is 0 Å². The zero-order valence-corrected chi connectivity index (χ0v) is 48.0. The predicted octanol–water partition coefficient (Wildman–Crippen LogP) is 1.46. The van der Waals surface area contributed by atoms with Crippen LogP contribution < -0.4 is 42.5 Å². The van der Waals surface area contributed by atoms with Gasteiger partial charge in [-0.1, -0.05) is 67.5 Å². The molecule has 0 fully saturated rings. The Balaban J connectivity index is 7.80. The summed E-state index contributed by atoms with van der Waals surface area (Å²) in [4.78, 5) is 163. The Bertz CT molecular complexity index is 1990. The number of ether oxygens (including phenoxy) is 4. The van der Waals surface area contributed by atoms with Gasteiger partial charge in [0.25, 0.3) is 0 Å². The SMILES string of the molecule is C=C(C[C@@](C)(NC(=O)C[C@@](C)(NC(C)=O)C(=O)N[C@H](C(=O)OCC)C(C)C)C(=O)N[C@H](C(=O)OCC)C(C)C)C[C@@](C)(NC(=O)C[C@@](C)(NC(C)=O)C(=O)N[C@H](C(=O)OCC)C(C)C)C(=O)N[C@H](C(=O)OCC)C(C)C. The average Bonchev–Trinajstić information content (AvgIpc) is 3.26. The summed E-state index contributed by atoms with van der Waals surface area (Å²) in [5.74, 6) is -12.6. The van der Waals surface area contributed by atoms with E-state index in [1.165, 1.54) is 27.7 Å². The van der Waals surface area contributed by atoms with Gasteiger partial charge in [0, 0.05) is 26.7 Å². The van der Waals surface area contributed by atoms with Crippen molar-refractivity contribution in [2.24, 2.45) is 23.7 Å². The van der Waals surface area contributed by atoms with Crippen molar-refractivity contribution in [1.29, 1.82) is 0 Å². The van der Waals surface area contributed by atoms with Crippen molar-refractivity contribution >= 4 is 71.1 Å². The first kappa shape index (κ1) is 69.4. The molecule has 0 saturated carbocycles. The lowest BCUT2D eigenvalue weighted by Crippen LogP contribution is -2.65. The van der Waals surface area contributed by atoms with E-state index >= 15 is 0 Å². The predicted molar refractivity (Wildman–Crippen MR) is 279 cm³/mol. The van der Waals surface area contributed by atoms with Crippen LogP contribution in [0, 0.1) is 23.7 Å². The van der Waals surface area contributed by atoms with E-state index in [4.69, 9.17) is 18.9 Å². The minimum Gasteiger partial charge on any atom is -0.464 e. The number of carbonyl (C=O) groups is 12. The normalized spacial score (nSPS) is 16.0. The molecule has 8 N–H and O–H groups in total. The summed E-state index contributed by atoms with van der Waals surface area (Å²) < 4.78 is 20.7. The van der Waals surface area contributed by atoms with Gasteiger partial charge in [0.05, 0.1) is 39.3 Å². The van der Waals surface area contributed by atoms with Gasteiger partial charge in [-0.15, -0.1) is 0 Å². The highest BCUT2D eigenvalue weighted by molar-refractivity contribution is 6.01. The van der Waals surface area contributed by atoms with E-state index < -0.39 is 167 Å². The molecule has 0 aliphatic carbocycles. The van der Waals surface area contributed by atoms with E-state index in [1.54, 1.807) is 83.1 Å². The highest BCUT2D eigenvalue weighted by Crippen LogP contribution is 2.27. The van der Waals surface area contributed by atoms with Crippen molar-refractivity contribution in [2.45, 2.75) is 197 Å². The third-order valence-corrected chi connectivity index (χ3v) is 11.9. The molecule has 8 atom stereocenters. The van der Waals surface area contributed by atoms with E-state index in [0.717, 1.165) is 13.8 Å². The molecule has 0 radical (unpaired) electrons. The quantitative estimate of drug-likeness (QED) is 0.0269. The van der Waals surface area contributed by atoms with Crippen LogP contribution in [-0.4, -0.2) is 144 Å². The fourth-order valence-electron chi connectivity index (χ4n) is 8.03. The van der Waals surface area contributed by atoms with Crippen LogP contribution in [0.1, 0.15) is 150 Å². The third kappa shape index (κ3) is 21.5. The molecule has 24 heteroatoms. The largest absolute Gasteiger partial charge is 0.464 e. The summed E-state index contributed by atoms with van der Waals surface area (Å²) in [7, 11) is 0. The summed E-state index contributed by atoms with van der Waals surface area (Å²) >= 11 is 0. The standard InChI is InChI=1S/C52H88N8O16/c1-20-73-41(65)37(28(5)6)53-45(69)49(16,59-35(63)26-51(18,57-33(14)61)47(71)55-39(30(9)10)43(67)75-22-3)24-32(13)25-50(17,46(70)54-38(29(7)8)42(66)74-21-2)60-36(64)27-52(19,58-34(15)62)48(72)56-40(31(11)12)44(68)76-23-4/h28-31,37-40H,13,20-27H2,1-12,14-19H3,(H,53,69)(H,54,70)(H,55,71)(H,56,72)(H,57,61)(H,58,62)(H,59,63)(H,60,64)/t37-,38-,39-,40-,49+,50+,51+,52+/m0/s1. The van der Waals surface area contributed by atoms with Crippen LogP contribution >= 0.6 is 0 Å². The molecule has 0 aromatic carbocycles. The molecule has 0 spiro atoms. The van der Waals surface area contributed by atoms with Crippen LogP contribution in [-0.2, 0) is 76.5 Å². The van der Waals surface area contributed by atoms with Gasteiger partial charge in [-0.05, 0) is 79.1 Å². The Morgan fingerprint density at radius 2 is 0.566 bits per heavy atom. The number of carbonyl (C=O) groups excluding carboxylic acids is 12. The molecule has 0 unspecified atom stereocenters. The first-order valence-electron chi connectivity index (χ1n) is 25.7. The van der Waals surface area contributed by atoms with Crippen LogP contribution in [0.5, 0.6) is 0 Å². The Morgan fingerprint density at radius 1 is 0.368 bits per heavy atom. The maximum Gasteiger partial charge on any atom is 0.328 e. The van der Waals surface area contributed by atoms with Crippen molar-refractivity contribution in [3.05, 3.63) is 12.2 Å². The second-order valence-electron chi connectivity index (χ2n) is 21.0. The van der Waals surface area contributed by atoms with Crippen molar-refractivity contribution in [2.75, 3.05) is 26.4 Å². The minimum absolute atomic E-state index is 0.000800. The zero-order chi connectivity index (χ0) is 59.3. The number of nitrogens with one attached hydrogen (secondary N) is 8. The molecule has 0 heterocycles. The molecule has 0 aromatic heterocycles.